The number of benzene rings is 2. The topological polar surface area (TPSA) is 97.0 Å². The van der Waals surface area contributed by atoms with Gasteiger partial charge in [0.15, 0.2) is 0 Å². The van der Waals surface area contributed by atoms with Crippen LogP contribution in [0.25, 0.3) is 11.1 Å². The van der Waals surface area contributed by atoms with E-state index in [4.69, 9.17) is 9.47 Å². The van der Waals surface area contributed by atoms with Crippen LogP contribution in [0.3, 0.4) is 0 Å². The average molecular weight is 484 g/mol. The minimum atomic E-state index is -0.737. The fraction of sp³-hybridized carbons (Fsp3) is 0.423. The standard InChI is InChI=1S/C26H30FN3O5/c1-16(31)28-14-20-15-30(24(33)34-20)19-8-5-17(6-9-19)18-7-10-21(22(27)13-18)26(11-12-26)29-23(32)35-25(2,3)4/h5-10,13,20H,11-12,14-15H2,1-4H3,(H,28,31)(H,29,32). The lowest BCUT2D eigenvalue weighted by Gasteiger charge is -2.24. The minimum Gasteiger partial charge on any atom is -0.444 e. The van der Waals surface area contributed by atoms with E-state index >= 15 is 4.39 Å². The summed E-state index contributed by atoms with van der Waals surface area (Å²) < 4.78 is 25.7. The van der Waals surface area contributed by atoms with Gasteiger partial charge in [-0.3, -0.25) is 9.69 Å². The predicted octanol–water partition coefficient (Wildman–Crippen LogP) is 4.47. The third-order valence-electron chi connectivity index (χ3n) is 5.94. The SMILES string of the molecule is CC(=O)NCC1CN(c2ccc(-c3ccc(C4(NC(=O)OC(C)(C)C)CC4)c(F)c3)cc2)C(=O)O1. The number of hydrogen-bond acceptors (Lipinski definition) is 5. The maximum atomic E-state index is 15.1. The fourth-order valence-electron chi connectivity index (χ4n) is 4.10. The quantitative estimate of drug-likeness (QED) is 0.632. The monoisotopic (exact) mass is 483 g/mol. The molecule has 2 N–H and O–H groups in total. The number of cyclic esters (lactones) is 1. The first-order chi connectivity index (χ1) is 16.5. The molecule has 1 saturated carbocycles. The number of halogens is 1. The number of nitrogens with zero attached hydrogens (tertiary/aromatic N) is 1. The van der Waals surface area contributed by atoms with Crippen LogP contribution in [0.15, 0.2) is 42.5 Å². The van der Waals surface area contributed by atoms with Gasteiger partial charge in [-0.15, -0.1) is 0 Å². The molecule has 35 heavy (non-hydrogen) atoms. The molecule has 186 valence electrons. The van der Waals surface area contributed by atoms with E-state index in [1.54, 1.807) is 39.0 Å². The van der Waals surface area contributed by atoms with Crippen molar-refractivity contribution in [2.45, 2.75) is 57.8 Å². The van der Waals surface area contributed by atoms with Crippen molar-refractivity contribution in [2.24, 2.45) is 0 Å². The van der Waals surface area contributed by atoms with Gasteiger partial charge in [0.1, 0.15) is 17.5 Å². The number of rotatable bonds is 6. The maximum Gasteiger partial charge on any atom is 0.414 e. The molecule has 2 fully saturated rings. The average Bonchev–Trinajstić information content (AvgIpc) is 3.43. The van der Waals surface area contributed by atoms with Crippen molar-refractivity contribution in [3.05, 3.63) is 53.8 Å². The van der Waals surface area contributed by atoms with Gasteiger partial charge in [-0.05, 0) is 62.9 Å². The molecular weight excluding hydrogens is 453 g/mol. The molecule has 0 bridgehead atoms. The molecule has 2 aromatic carbocycles. The van der Waals surface area contributed by atoms with Crippen molar-refractivity contribution >= 4 is 23.8 Å². The molecule has 2 aromatic rings. The van der Waals surface area contributed by atoms with E-state index in [-0.39, 0.29) is 12.5 Å². The number of carbonyl (C=O) groups excluding carboxylic acids is 3. The highest BCUT2D eigenvalue weighted by molar-refractivity contribution is 5.90. The zero-order valence-corrected chi connectivity index (χ0v) is 20.3. The molecule has 1 saturated heterocycles. The van der Waals surface area contributed by atoms with Crippen LogP contribution < -0.4 is 15.5 Å². The molecule has 1 aliphatic heterocycles. The van der Waals surface area contributed by atoms with E-state index in [2.05, 4.69) is 10.6 Å². The highest BCUT2D eigenvalue weighted by atomic mass is 19.1. The Labute approximate surface area is 203 Å². The summed E-state index contributed by atoms with van der Waals surface area (Å²) >= 11 is 0. The van der Waals surface area contributed by atoms with Gasteiger partial charge >= 0.3 is 12.2 Å². The van der Waals surface area contributed by atoms with Crippen LogP contribution in [-0.2, 0) is 19.8 Å². The second-order valence-corrected chi connectivity index (χ2v) is 10.0. The molecule has 0 radical (unpaired) electrons. The van der Waals surface area contributed by atoms with Crippen molar-refractivity contribution < 1.29 is 28.2 Å². The highest BCUT2D eigenvalue weighted by Crippen LogP contribution is 2.47. The summed E-state index contributed by atoms with van der Waals surface area (Å²) in [5, 5.41) is 5.48. The van der Waals surface area contributed by atoms with E-state index in [0.29, 0.717) is 36.2 Å². The molecule has 0 aromatic heterocycles. The minimum absolute atomic E-state index is 0.185. The summed E-state index contributed by atoms with van der Waals surface area (Å²) in [6.45, 7) is 7.33. The van der Waals surface area contributed by atoms with Crippen LogP contribution in [0.2, 0.25) is 0 Å². The van der Waals surface area contributed by atoms with Gasteiger partial charge in [0.25, 0.3) is 0 Å². The molecule has 3 amide bonds. The first-order valence-electron chi connectivity index (χ1n) is 11.6. The highest BCUT2D eigenvalue weighted by Gasteiger charge is 2.48. The molecule has 0 spiro atoms. The second kappa shape index (κ2) is 9.20. The van der Waals surface area contributed by atoms with Crippen molar-refractivity contribution in [3.63, 3.8) is 0 Å². The molecule has 1 unspecified atom stereocenters. The Bertz CT molecular complexity index is 1140. The van der Waals surface area contributed by atoms with E-state index in [1.165, 1.54) is 17.9 Å². The van der Waals surface area contributed by atoms with Crippen molar-refractivity contribution in [1.29, 1.82) is 0 Å². The Balaban J connectivity index is 1.44. The summed E-state index contributed by atoms with van der Waals surface area (Å²) in [7, 11) is 0. The lowest BCUT2D eigenvalue weighted by atomic mass is 9.98. The van der Waals surface area contributed by atoms with Gasteiger partial charge in [0.05, 0.1) is 18.6 Å². The Hall–Kier alpha value is -3.62. The summed E-state index contributed by atoms with van der Waals surface area (Å²) in [6.07, 6.45) is -0.167. The zero-order valence-electron chi connectivity index (χ0n) is 20.3. The van der Waals surface area contributed by atoms with Gasteiger partial charge in [-0.2, -0.15) is 0 Å². The Morgan fingerprint density at radius 2 is 1.80 bits per heavy atom. The number of nitrogens with one attached hydrogen (secondary N) is 2. The normalized spacial score (nSPS) is 18.6. The van der Waals surface area contributed by atoms with Crippen LogP contribution >= 0.6 is 0 Å². The number of anilines is 1. The summed E-state index contributed by atoms with van der Waals surface area (Å²) in [6, 6.07) is 12.1. The Morgan fingerprint density at radius 1 is 1.14 bits per heavy atom. The lowest BCUT2D eigenvalue weighted by Crippen LogP contribution is -2.39. The number of carbonyl (C=O) groups is 3. The third-order valence-corrected chi connectivity index (χ3v) is 5.94. The van der Waals surface area contributed by atoms with Crippen LogP contribution in [0.5, 0.6) is 0 Å². The lowest BCUT2D eigenvalue weighted by molar-refractivity contribution is -0.119. The largest absolute Gasteiger partial charge is 0.444 e. The Kier molecular flexibility index (Phi) is 6.44. The van der Waals surface area contributed by atoms with E-state index in [9.17, 15) is 14.4 Å². The van der Waals surface area contributed by atoms with E-state index in [0.717, 1.165) is 5.56 Å². The summed E-state index contributed by atoms with van der Waals surface area (Å²) in [4.78, 5) is 37.0. The fourth-order valence-corrected chi connectivity index (χ4v) is 4.10. The number of alkyl carbamates (subject to hydrolysis) is 1. The molecule has 8 nitrogen and oxygen atoms in total. The second-order valence-electron chi connectivity index (χ2n) is 10.0. The van der Waals surface area contributed by atoms with Gasteiger partial charge in [-0.1, -0.05) is 24.3 Å². The number of amides is 3. The van der Waals surface area contributed by atoms with Gasteiger partial charge in [-0.25, -0.2) is 14.0 Å². The van der Waals surface area contributed by atoms with Crippen LogP contribution in [0.1, 0.15) is 46.1 Å². The molecule has 1 atom stereocenters. The smallest absolute Gasteiger partial charge is 0.414 e. The predicted molar refractivity (Wildman–Crippen MR) is 128 cm³/mol. The molecule has 1 heterocycles. The number of ether oxygens (including phenoxy) is 2. The summed E-state index contributed by atoms with van der Waals surface area (Å²) in [5.74, 6) is -0.584. The van der Waals surface area contributed by atoms with Crippen LogP contribution in [-0.4, -0.2) is 42.9 Å². The number of hydrogen-bond donors (Lipinski definition) is 2. The molecule has 1 aliphatic carbocycles. The molecule has 9 heteroatoms. The first kappa shape index (κ1) is 24.5. The first-order valence-corrected chi connectivity index (χ1v) is 11.6. The van der Waals surface area contributed by atoms with Crippen LogP contribution in [0, 0.1) is 5.82 Å². The van der Waals surface area contributed by atoms with E-state index in [1.807, 2.05) is 18.2 Å². The van der Waals surface area contributed by atoms with Gasteiger partial charge in [0.2, 0.25) is 5.91 Å². The molecule has 2 aliphatic rings. The van der Waals surface area contributed by atoms with Gasteiger partial charge < -0.3 is 20.1 Å². The molecule has 4 rings (SSSR count). The maximum absolute atomic E-state index is 15.1. The zero-order chi connectivity index (χ0) is 25.4. The van der Waals surface area contributed by atoms with Crippen molar-refractivity contribution in [3.8, 4) is 11.1 Å². The Morgan fingerprint density at radius 3 is 2.37 bits per heavy atom. The van der Waals surface area contributed by atoms with Gasteiger partial charge in [0, 0.05) is 18.2 Å². The third kappa shape index (κ3) is 5.72. The summed E-state index contributed by atoms with van der Waals surface area (Å²) in [5.41, 5.74) is 1.18. The van der Waals surface area contributed by atoms with Crippen LogP contribution in [0.4, 0.5) is 19.7 Å². The van der Waals surface area contributed by atoms with Crippen molar-refractivity contribution in [2.75, 3.05) is 18.0 Å². The van der Waals surface area contributed by atoms with E-state index < -0.39 is 35.2 Å². The molecular formula is C26H30FN3O5. The van der Waals surface area contributed by atoms with Crippen molar-refractivity contribution in [1.82, 2.24) is 10.6 Å².